The first-order valence-corrected chi connectivity index (χ1v) is 8.78. The molecule has 2 aromatic rings. The first kappa shape index (κ1) is 17.6. The molecule has 2 aliphatic rings. The summed E-state index contributed by atoms with van der Waals surface area (Å²) >= 11 is 0. The lowest BCUT2D eigenvalue weighted by Crippen LogP contribution is -2.41. The summed E-state index contributed by atoms with van der Waals surface area (Å²) in [7, 11) is 1.81. The van der Waals surface area contributed by atoms with Gasteiger partial charge >= 0.3 is 0 Å². The largest absolute Gasteiger partial charge is 0.363 e. The van der Waals surface area contributed by atoms with Gasteiger partial charge in [-0.1, -0.05) is 0 Å². The molecule has 2 unspecified atom stereocenters. The number of anilines is 3. The van der Waals surface area contributed by atoms with Crippen molar-refractivity contribution >= 4 is 23.4 Å². The Bertz CT molecular complexity index is 870. The number of halogens is 2. The van der Waals surface area contributed by atoms with Crippen molar-refractivity contribution in [3.8, 4) is 0 Å². The number of amides is 1. The summed E-state index contributed by atoms with van der Waals surface area (Å²) in [6.07, 6.45) is 5.42. The molecule has 2 aromatic heterocycles. The molecule has 1 aliphatic heterocycles. The van der Waals surface area contributed by atoms with Gasteiger partial charge in [0.2, 0.25) is 11.9 Å². The van der Waals surface area contributed by atoms with E-state index in [1.54, 1.807) is 29.3 Å². The van der Waals surface area contributed by atoms with Gasteiger partial charge in [0.1, 0.15) is 11.7 Å². The molecule has 1 saturated heterocycles. The molecule has 2 N–H and O–H groups in total. The Balaban J connectivity index is 1.40. The van der Waals surface area contributed by atoms with Gasteiger partial charge in [-0.15, -0.1) is 0 Å². The molecule has 3 heterocycles. The first-order chi connectivity index (χ1) is 12.7. The molecule has 0 aromatic carbocycles. The molecule has 0 spiro atoms. The number of carbonyl (C=O) groups excluding carboxylic acids is 1. The number of nitrogens with zero attached hydrogens (tertiary/aromatic N) is 5. The van der Waals surface area contributed by atoms with E-state index in [4.69, 9.17) is 0 Å². The fourth-order valence-corrected chi connectivity index (χ4v) is 3.37. The van der Waals surface area contributed by atoms with E-state index in [0.717, 1.165) is 5.69 Å². The van der Waals surface area contributed by atoms with Gasteiger partial charge in [0.05, 0.1) is 17.4 Å². The van der Waals surface area contributed by atoms with Crippen LogP contribution in [-0.2, 0) is 11.8 Å². The fraction of sp³-hybridized carbons (Fsp3) is 0.529. The molecule has 8 nitrogen and oxygen atoms in total. The van der Waals surface area contributed by atoms with Gasteiger partial charge in [-0.25, -0.2) is 13.8 Å². The van der Waals surface area contributed by atoms with Crippen molar-refractivity contribution in [2.45, 2.75) is 31.2 Å². The average Bonchev–Trinajstić information content (AvgIpc) is 2.91. The molecule has 1 amide bonds. The van der Waals surface area contributed by atoms with Crippen LogP contribution < -0.4 is 10.6 Å². The van der Waals surface area contributed by atoms with Crippen LogP contribution >= 0.6 is 0 Å². The molecule has 1 saturated carbocycles. The van der Waals surface area contributed by atoms with Crippen LogP contribution in [0.1, 0.15) is 19.8 Å². The van der Waals surface area contributed by atoms with E-state index in [2.05, 4.69) is 25.7 Å². The number of alkyl halides is 2. The van der Waals surface area contributed by atoms with Crippen LogP contribution in [0, 0.1) is 5.92 Å². The summed E-state index contributed by atoms with van der Waals surface area (Å²) in [6, 6.07) is 1.74. The summed E-state index contributed by atoms with van der Waals surface area (Å²) in [4.78, 5) is 22.3. The smallest absolute Gasteiger partial charge is 0.260 e. The highest BCUT2D eigenvalue weighted by Gasteiger charge is 2.62. The maximum absolute atomic E-state index is 13.2. The molecule has 0 bridgehead atoms. The quantitative estimate of drug-likeness (QED) is 0.829. The summed E-state index contributed by atoms with van der Waals surface area (Å²) in [5, 5.41) is 10.5. The average molecular weight is 377 g/mol. The van der Waals surface area contributed by atoms with Crippen LogP contribution in [0.15, 0.2) is 24.7 Å². The SMILES string of the molecule is Cn1cc(Nc2nccc(NC3(C)CCN(C(=O)C4CC4(F)F)C3)n2)cn1. The second-order valence-electron chi connectivity index (χ2n) is 7.51. The minimum absolute atomic E-state index is 0.332. The highest BCUT2D eigenvalue weighted by molar-refractivity contribution is 5.83. The summed E-state index contributed by atoms with van der Waals surface area (Å²) < 4.78 is 28.0. The molecule has 2 atom stereocenters. The van der Waals surface area contributed by atoms with Crippen molar-refractivity contribution in [1.29, 1.82) is 0 Å². The Labute approximate surface area is 155 Å². The van der Waals surface area contributed by atoms with Crippen LogP contribution in [0.2, 0.25) is 0 Å². The standard InChI is InChI=1S/C17H21F2N7O/c1-16(4-6-26(10-16)14(27)12-7-17(12,18)19)24-13-3-5-20-15(23-13)22-11-8-21-25(2)9-11/h3,5,8-9,12H,4,6-7,10H2,1-2H3,(H2,20,22,23,24). The van der Waals surface area contributed by atoms with Gasteiger partial charge in [-0.3, -0.25) is 9.48 Å². The Hall–Kier alpha value is -2.78. The van der Waals surface area contributed by atoms with Gasteiger partial charge in [0, 0.05) is 39.0 Å². The van der Waals surface area contributed by atoms with E-state index in [-0.39, 0.29) is 6.42 Å². The van der Waals surface area contributed by atoms with Crippen molar-refractivity contribution < 1.29 is 13.6 Å². The Kier molecular flexibility index (Phi) is 4.01. The highest BCUT2D eigenvalue weighted by Crippen LogP contribution is 2.50. The minimum atomic E-state index is -2.83. The number of nitrogens with one attached hydrogen (secondary N) is 2. The van der Waals surface area contributed by atoms with Gasteiger partial charge in [0.15, 0.2) is 0 Å². The predicted molar refractivity (Wildman–Crippen MR) is 94.8 cm³/mol. The van der Waals surface area contributed by atoms with Crippen LogP contribution in [0.3, 0.4) is 0 Å². The molecule has 10 heteroatoms. The van der Waals surface area contributed by atoms with Crippen molar-refractivity contribution in [1.82, 2.24) is 24.6 Å². The number of hydrogen-bond donors (Lipinski definition) is 2. The molecule has 144 valence electrons. The highest BCUT2D eigenvalue weighted by atomic mass is 19.3. The van der Waals surface area contributed by atoms with Crippen molar-refractivity contribution in [3.63, 3.8) is 0 Å². The summed E-state index contributed by atoms with van der Waals surface area (Å²) in [6.45, 7) is 2.79. The van der Waals surface area contributed by atoms with E-state index in [1.807, 2.05) is 14.0 Å². The molecule has 0 radical (unpaired) electrons. The number of rotatable bonds is 5. The first-order valence-electron chi connectivity index (χ1n) is 8.78. The molecule has 1 aliphatic carbocycles. The molecule has 2 fully saturated rings. The maximum atomic E-state index is 13.2. The third kappa shape index (κ3) is 3.69. The minimum Gasteiger partial charge on any atom is -0.363 e. The van der Waals surface area contributed by atoms with Crippen LogP contribution in [-0.4, -0.2) is 55.1 Å². The van der Waals surface area contributed by atoms with E-state index >= 15 is 0 Å². The van der Waals surface area contributed by atoms with E-state index in [1.165, 1.54) is 4.90 Å². The van der Waals surface area contributed by atoms with E-state index in [0.29, 0.717) is 31.3 Å². The van der Waals surface area contributed by atoms with E-state index in [9.17, 15) is 13.6 Å². The Morgan fingerprint density at radius 3 is 2.85 bits per heavy atom. The zero-order chi connectivity index (χ0) is 19.2. The topological polar surface area (TPSA) is 88.0 Å². The van der Waals surface area contributed by atoms with Crippen LogP contribution in [0.5, 0.6) is 0 Å². The number of aryl methyl sites for hydroxylation is 1. The van der Waals surface area contributed by atoms with Gasteiger partial charge in [0.25, 0.3) is 5.92 Å². The van der Waals surface area contributed by atoms with Crippen molar-refractivity contribution in [3.05, 3.63) is 24.7 Å². The lowest BCUT2D eigenvalue weighted by Gasteiger charge is -2.27. The second kappa shape index (κ2) is 6.14. The van der Waals surface area contributed by atoms with Gasteiger partial charge in [-0.2, -0.15) is 10.1 Å². The summed E-state index contributed by atoms with van der Waals surface area (Å²) in [5.41, 5.74) is 0.337. The van der Waals surface area contributed by atoms with E-state index < -0.39 is 23.3 Å². The monoisotopic (exact) mass is 377 g/mol. The van der Waals surface area contributed by atoms with Crippen molar-refractivity contribution in [2.24, 2.45) is 13.0 Å². The number of likely N-dealkylation sites (tertiary alicyclic amines) is 1. The van der Waals surface area contributed by atoms with Crippen molar-refractivity contribution in [2.75, 3.05) is 23.7 Å². The lowest BCUT2D eigenvalue weighted by atomic mass is 10.0. The second-order valence-corrected chi connectivity index (χ2v) is 7.51. The third-order valence-corrected chi connectivity index (χ3v) is 4.96. The number of hydrogen-bond acceptors (Lipinski definition) is 6. The predicted octanol–water partition coefficient (Wildman–Crippen LogP) is 2.01. The van der Waals surface area contributed by atoms with Crippen LogP contribution in [0.4, 0.5) is 26.2 Å². The third-order valence-electron chi connectivity index (χ3n) is 4.96. The molecular formula is C17H21F2N7O. The summed E-state index contributed by atoms with van der Waals surface area (Å²) in [5.74, 6) is -3.41. The normalized spacial score (nSPS) is 26.1. The number of carbonyl (C=O) groups is 1. The zero-order valence-corrected chi connectivity index (χ0v) is 15.1. The maximum Gasteiger partial charge on any atom is 0.260 e. The van der Waals surface area contributed by atoms with Crippen LogP contribution in [0.25, 0.3) is 0 Å². The molecular weight excluding hydrogens is 356 g/mol. The Morgan fingerprint density at radius 1 is 1.41 bits per heavy atom. The lowest BCUT2D eigenvalue weighted by molar-refractivity contribution is -0.133. The fourth-order valence-electron chi connectivity index (χ4n) is 3.37. The number of aromatic nitrogens is 4. The van der Waals surface area contributed by atoms with Gasteiger partial charge < -0.3 is 15.5 Å². The Morgan fingerprint density at radius 2 is 2.19 bits per heavy atom. The molecule has 4 rings (SSSR count). The molecule has 27 heavy (non-hydrogen) atoms. The zero-order valence-electron chi connectivity index (χ0n) is 15.1. The van der Waals surface area contributed by atoms with Gasteiger partial charge in [-0.05, 0) is 19.4 Å².